The second kappa shape index (κ2) is 3.81. The molecule has 6 nitrogen and oxygen atoms in total. The highest BCUT2D eigenvalue weighted by atomic mass is 16.5. The Bertz CT molecular complexity index is 592. The fraction of sp³-hybridized carbons (Fsp3) is 0.308. The molecular weight excluding hydrogens is 248 g/mol. The first kappa shape index (κ1) is 11.7. The number of amides is 4. The van der Waals surface area contributed by atoms with Crippen LogP contribution in [0.5, 0.6) is 5.75 Å². The van der Waals surface area contributed by atoms with E-state index in [9.17, 15) is 14.4 Å². The largest absolute Gasteiger partial charge is 0.495 e. The molecule has 19 heavy (non-hydrogen) atoms. The van der Waals surface area contributed by atoms with Gasteiger partial charge in [-0.15, -0.1) is 0 Å². The van der Waals surface area contributed by atoms with Gasteiger partial charge in [0.05, 0.1) is 12.8 Å². The minimum Gasteiger partial charge on any atom is -0.495 e. The van der Waals surface area contributed by atoms with Crippen molar-refractivity contribution in [1.82, 2.24) is 5.32 Å². The molecule has 1 saturated carbocycles. The van der Waals surface area contributed by atoms with Gasteiger partial charge in [0.1, 0.15) is 11.2 Å². The lowest BCUT2D eigenvalue weighted by molar-refractivity contribution is -0.136. The van der Waals surface area contributed by atoms with Gasteiger partial charge in [0.15, 0.2) is 0 Å². The SMILES string of the molecule is COc1ccccc1N1C(=O)NC(=O)C2(CC2)C1=O. The zero-order valence-corrected chi connectivity index (χ0v) is 10.3. The Hall–Kier alpha value is -2.37. The maximum atomic E-state index is 12.4. The Morgan fingerprint density at radius 1 is 1.21 bits per heavy atom. The molecule has 0 atom stereocenters. The highest BCUT2D eigenvalue weighted by molar-refractivity contribution is 6.31. The summed E-state index contributed by atoms with van der Waals surface area (Å²) in [6.07, 6.45) is 0.965. The predicted octanol–water partition coefficient (Wildman–Crippen LogP) is 1.06. The first-order valence-electron chi connectivity index (χ1n) is 5.93. The number of carbonyl (C=O) groups is 3. The van der Waals surface area contributed by atoms with Gasteiger partial charge in [-0.3, -0.25) is 14.9 Å². The lowest BCUT2D eigenvalue weighted by Crippen LogP contribution is -2.59. The molecule has 3 rings (SSSR count). The lowest BCUT2D eigenvalue weighted by Gasteiger charge is -2.30. The summed E-state index contributed by atoms with van der Waals surface area (Å²) in [6.45, 7) is 0. The monoisotopic (exact) mass is 260 g/mol. The molecular formula is C13H12N2O4. The van der Waals surface area contributed by atoms with E-state index < -0.39 is 23.3 Å². The number of imide groups is 2. The highest BCUT2D eigenvalue weighted by Gasteiger charge is 2.62. The maximum absolute atomic E-state index is 12.4. The number of anilines is 1. The third-order valence-electron chi connectivity index (χ3n) is 3.55. The van der Waals surface area contributed by atoms with Gasteiger partial charge in [0.25, 0.3) is 5.91 Å². The number of ether oxygens (including phenoxy) is 1. The Morgan fingerprint density at radius 2 is 1.89 bits per heavy atom. The van der Waals surface area contributed by atoms with Crippen LogP contribution in [0.25, 0.3) is 0 Å². The van der Waals surface area contributed by atoms with Gasteiger partial charge in [-0.2, -0.15) is 0 Å². The second-order valence-corrected chi connectivity index (χ2v) is 4.65. The molecule has 1 aromatic rings. The number of barbiturate groups is 1. The standard InChI is InChI=1S/C13H12N2O4/c1-19-9-5-3-2-4-8(9)15-11(17)13(6-7-13)10(16)14-12(15)18/h2-5H,6-7H2,1H3,(H,14,16,18). The maximum Gasteiger partial charge on any atom is 0.335 e. The van der Waals surface area contributed by atoms with Crippen molar-refractivity contribution in [3.8, 4) is 5.75 Å². The number of carbonyl (C=O) groups excluding carboxylic acids is 3. The van der Waals surface area contributed by atoms with Crippen LogP contribution in [0.3, 0.4) is 0 Å². The quantitative estimate of drug-likeness (QED) is 0.807. The summed E-state index contributed by atoms with van der Waals surface area (Å²) < 4.78 is 5.15. The average molecular weight is 260 g/mol. The molecule has 6 heteroatoms. The van der Waals surface area contributed by atoms with Crippen molar-refractivity contribution in [2.75, 3.05) is 12.0 Å². The Balaban J connectivity index is 2.06. The topological polar surface area (TPSA) is 75.7 Å². The van der Waals surface area contributed by atoms with Crippen LogP contribution in [-0.4, -0.2) is 25.0 Å². The van der Waals surface area contributed by atoms with Gasteiger partial charge in [-0.1, -0.05) is 12.1 Å². The summed E-state index contributed by atoms with van der Waals surface area (Å²) in [5, 5.41) is 2.23. The smallest absolute Gasteiger partial charge is 0.335 e. The molecule has 1 saturated heterocycles. The summed E-state index contributed by atoms with van der Waals surface area (Å²) >= 11 is 0. The van der Waals surface area contributed by atoms with E-state index in [0.717, 1.165) is 4.90 Å². The highest BCUT2D eigenvalue weighted by Crippen LogP contribution is 2.50. The molecule has 1 heterocycles. The number of hydrogen-bond acceptors (Lipinski definition) is 4. The molecule has 1 aliphatic carbocycles. The first-order valence-corrected chi connectivity index (χ1v) is 5.93. The summed E-state index contributed by atoms with van der Waals surface area (Å²) in [5.41, 5.74) is -0.694. The molecule has 98 valence electrons. The number of hydrogen-bond donors (Lipinski definition) is 1. The van der Waals surface area contributed by atoms with Crippen LogP contribution in [0.15, 0.2) is 24.3 Å². The van der Waals surface area contributed by atoms with E-state index in [0.29, 0.717) is 24.3 Å². The Kier molecular flexibility index (Phi) is 2.35. The van der Waals surface area contributed by atoms with Crippen LogP contribution >= 0.6 is 0 Å². The molecule has 4 amide bonds. The van der Waals surface area contributed by atoms with Crippen LogP contribution in [0.4, 0.5) is 10.5 Å². The summed E-state index contributed by atoms with van der Waals surface area (Å²) in [5.74, 6) is -0.546. The fourth-order valence-corrected chi connectivity index (χ4v) is 2.28. The number of nitrogens with zero attached hydrogens (tertiary/aromatic N) is 1. The first-order chi connectivity index (χ1) is 9.10. The third kappa shape index (κ3) is 1.53. The van der Waals surface area contributed by atoms with E-state index in [1.54, 1.807) is 24.3 Å². The summed E-state index contributed by atoms with van der Waals surface area (Å²) in [4.78, 5) is 37.0. The van der Waals surface area contributed by atoms with Crippen LogP contribution in [0.1, 0.15) is 12.8 Å². The van der Waals surface area contributed by atoms with Crippen LogP contribution in [0.2, 0.25) is 0 Å². The second-order valence-electron chi connectivity index (χ2n) is 4.65. The van der Waals surface area contributed by atoms with E-state index in [-0.39, 0.29) is 0 Å². The van der Waals surface area contributed by atoms with E-state index in [1.165, 1.54) is 7.11 Å². The Morgan fingerprint density at radius 3 is 2.53 bits per heavy atom. The fourth-order valence-electron chi connectivity index (χ4n) is 2.28. The van der Waals surface area contributed by atoms with Crippen molar-refractivity contribution in [2.45, 2.75) is 12.8 Å². The van der Waals surface area contributed by atoms with E-state index in [4.69, 9.17) is 4.74 Å². The Labute approximate surface area is 109 Å². The molecule has 0 aromatic heterocycles. The number of methoxy groups -OCH3 is 1. The predicted molar refractivity (Wildman–Crippen MR) is 65.7 cm³/mol. The van der Waals surface area contributed by atoms with Gasteiger partial charge in [0, 0.05) is 0 Å². The molecule has 1 aromatic carbocycles. The van der Waals surface area contributed by atoms with E-state index in [1.807, 2.05) is 0 Å². The number of benzene rings is 1. The van der Waals surface area contributed by atoms with Crippen LogP contribution in [0, 0.1) is 5.41 Å². The van der Waals surface area contributed by atoms with Crippen molar-refractivity contribution in [3.05, 3.63) is 24.3 Å². The zero-order valence-electron chi connectivity index (χ0n) is 10.3. The number of urea groups is 1. The molecule has 0 bridgehead atoms. The minimum absolute atomic E-state index is 0.353. The van der Waals surface area contributed by atoms with Gasteiger partial charge in [-0.25, -0.2) is 9.69 Å². The van der Waals surface area contributed by atoms with Crippen molar-refractivity contribution in [3.63, 3.8) is 0 Å². The number of nitrogens with one attached hydrogen (secondary N) is 1. The molecule has 1 aliphatic heterocycles. The summed E-state index contributed by atoms with van der Waals surface area (Å²) in [7, 11) is 1.46. The number of para-hydroxylation sites is 2. The van der Waals surface area contributed by atoms with Gasteiger partial charge >= 0.3 is 6.03 Å². The average Bonchev–Trinajstić information content (AvgIpc) is 3.19. The molecule has 2 fully saturated rings. The molecule has 1 N–H and O–H groups in total. The minimum atomic E-state index is -1.05. The lowest BCUT2D eigenvalue weighted by atomic mass is 10.0. The molecule has 0 radical (unpaired) electrons. The molecule has 1 spiro atoms. The summed E-state index contributed by atoms with van der Waals surface area (Å²) in [6, 6.07) is 5.99. The van der Waals surface area contributed by atoms with E-state index in [2.05, 4.69) is 5.32 Å². The van der Waals surface area contributed by atoms with Crippen LogP contribution in [-0.2, 0) is 9.59 Å². The number of rotatable bonds is 2. The van der Waals surface area contributed by atoms with Crippen molar-refractivity contribution < 1.29 is 19.1 Å². The van der Waals surface area contributed by atoms with E-state index >= 15 is 0 Å². The molecule has 0 unspecified atom stereocenters. The van der Waals surface area contributed by atoms with Crippen molar-refractivity contribution in [2.24, 2.45) is 5.41 Å². The van der Waals surface area contributed by atoms with Crippen molar-refractivity contribution in [1.29, 1.82) is 0 Å². The third-order valence-corrected chi connectivity index (χ3v) is 3.55. The zero-order chi connectivity index (χ0) is 13.6. The van der Waals surface area contributed by atoms with Gasteiger partial charge in [-0.05, 0) is 25.0 Å². The molecule has 2 aliphatic rings. The van der Waals surface area contributed by atoms with Crippen LogP contribution < -0.4 is 15.0 Å². The normalized spacial score (nSPS) is 20.5. The van der Waals surface area contributed by atoms with Gasteiger partial charge in [0.2, 0.25) is 5.91 Å². The van der Waals surface area contributed by atoms with Crippen molar-refractivity contribution >= 4 is 23.5 Å². The van der Waals surface area contributed by atoms with Gasteiger partial charge < -0.3 is 4.74 Å².